The van der Waals surface area contributed by atoms with Gasteiger partial charge in [-0.15, -0.1) is 0 Å². The Balaban J connectivity index is 4.29. The van der Waals surface area contributed by atoms with Gasteiger partial charge in [0, 0.05) is 0 Å². The van der Waals surface area contributed by atoms with Crippen LogP contribution in [0, 0.1) is 0 Å². The molecule has 0 radical (unpaired) electrons. The lowest BCUT2D eigenvalue weighted by molar-refractivity contribution is -0.886. The fourth-order valence-electron chi connectivity index (χ4n) is 0.968. The number of hydrogen-bond donors (Lipinski definition) is 1. The minimum Gasteiger partial charge on any atom is -0.477 e. The first-order valence-corrected chi connectivity index (χ1v) is 3.79. The van der Waals surface area contributed by atoms with Crippen molar-refractivity contribution in [3.05, 3.63) is 0 Å². The van der Waals surface area contributed by atoms with Crippen molar-refractivity contribution in [3.63, 3.8) is 0 Å². The third kappa shape index (κ3) is 5.00. The lowest BCUT2D eigenvalue weighted by Gasteiger charge is -2.29. The van der Waals surface area contributed by atoms with Gasteiger partial charge in [0.2, 0.25) is 6.17 Å². The van der Waals surface area contributed by atoms with Gasteiger partial charge in [-0.3, -0.25) is 0 Å². The zero-order chi connectivity index (χ0) is 11.6. The van der Waals surface area contributed by atoms with Gasteiger partial charge >= 0.3 is 12.1 Å². The molecule has 0 bridgehead atoms. The summed E-state index contributed by atoms with van der Waals surface area (Å²) in [6.45, 7) is -1.44. The van der Waals surface area contributed by atoms with Gasteiger partial charge in [0.05, 0.1) is 14.1 Å². The molecular weight excluding hydrogens is 206 g/mol. The number of alkyl halides is 4. The Morgan fingerprint density at radius 2 is 1.86 bits per heavy atom. The maximum Gasteiger partial charge on any atom is 0.425 e. The Morgan fingerprint density at radius 1 is 1.43 bits per heavy atom. The molecule has 1 unspecified atom stereocenters. The number of carbonyl (C=O) groups is 1. The predicted molar refractivity (Wildman–Crippen MR) is 40.4 cm³/mol. The minimum absolute atomic E-state index is 0.545. The topological polar surface area (TPSA) is 37.3 Å². The fourth-order valence-corrected chi connectivity index (χ4v) is 0.968. The van der Waals surface area contributed by atoms with Crippen molar-refractivity contribution in [2.24, 2.45) is 0 Å². The van der Waals surface area contributed by atoms with Gasteiger partial charge in [-0.25, -0.2) is 9.18 Å². The molecule has 0 spiro atoms. The van der Waals surface area contributed by atoms with Crippen LogP contribution in [0.5, 0.6) is 0 Å². The molecule has 0 saturated carbocycles. The van der Waals surface area contributed by atoms with Crippen molar-refractivity contribution < 1.29 is 31.9 Å². The zero-order valence-corrected chi connectivity index (χ0v) is 7.81. The predicted octanol–water partition coefficient (Wildman–Crippen LogP) is 1.05. The monoisotopic (exact) mass is 218 g/mol. The number of aliphatic carboxylic acids is 1. The Labute approximate surface area is 78.5 Å². The van der Waals surface area contributed by atoms with Crippen LogP contribution in [0.3, 0.4) is 0 Å². The van der Waals surface area contributed by atoms with Crippen LogP contribution in [0.4, 0.5) is 17.6 Å². The van der Waals surface area contributed by atoms with Crippen LogP contribution < -0.4 is 0 Å². The van der Waals surface area contributed by atoms with Crippen LogP contribution in [-0.4, -0.2) is 55.1 Å². The second-order valence-electron chi connectivity index (χ2n) is 3.68. The molecular formula is C7H12F4NO2+. The van der Waals surface area contributed by atoms with E-state index in [1.165, 1.54) is 14.1 Å². The third-order valence-corrected chi connectivity index (χ3v) is 1.57. The summed E-state index contributed by atoms with van der Waals surface area (Å²) in [4.78, 5) is 10.2. The molecule has 0 aromatic heterocycles. The zero-order valence-electron chi connectivity index (χ0n) is 7.81. The average molecular weight is 218 g/mol. The molecule has 0 fully saturated rings. The van der Waals surface area contributed by atoms with Crippen LogP contribution >= 0.6 is 0 Å². The highest BCUT2D eigenvalue weighted by molar-refractivity contribution is 5.67. The SMILES string of the molecule is C[N+](C)(CC(=O)O)CC(F)C(F)(F)F. The van der Waals surface area contributed by atoms with Gasteiger partial charge in [0.15, 0.2) is 6.54 Å². The van der Waals surface area contributed by atoms with E-state index in [2.05, 4.69) is 0 Å². The van der Waals surface area contributed by atoms with Gasteiger partial charge in [-0.1, -0.05) is 0 Å². The second kappa shape index (κ2) is 4.12. The van der Waals surface area contributed by atoms with Crippen LogP contribution in [0.25, 0.3) is 0 Å². The number of carboxylic acid groups (broad SMARTS) is 1. The number of quaternary nitrogens is 1. The molecule has 0 aromatic rings. The molecule has 7 heteroatoms. The minimum atomic E-state index is -4.92. The van der Waals surface area contributed by atoms with Crippen LogP contribution in [0.1, 0.15) is 0 Å². The Bertz CT molecular complexity index is 214. The maximum absolute atomic E-state index is 12.5. The molecule has 0 saturated heterocycles. The molecule has 0 aliphatic rings. The van der Waals surface area contributed by atoms with Crippen LogP contribution in [0.2, 0.25) is 0 Å². The summed E-state index contributed by atoms with van der Waals surface area (Å²) in [6.07, 6.45) is -7.91. The molecule has 1 N–H and O–H groups in total. The number of carboxylic acids is 1. The number of nitrogens with zero attached hydrogens (tertiary/aromatic N) is 1. The summed E-state index contributed by atoms with van der Waals surface area (Å²) in [5.41, 5.74) is 0. The molecule has 84 valence electrons. The van der Waals surface area contributed by atoms with Gasteiger partial charge in [-0.05, 0) is 0 Å². The van der Waals surface area contributed by atoms with Gasteiger partial charge in [0.25, 0.3) is 0 Å². The molecule has 14 heavy (non-hydrogen) atoms. The average Bonchev–Trinajstić information content (AvgIpc) is 1.79. The summed E-state index contributed by atoms with van der Waals surface area (Å²) < 4.78 is 47.3. The number of rotatable bonds is 4. The standard InChI is InChI=1S/C7H11F4NO2/c1-12(2,4-6(13)14)3-5(8)7(9,10)11/h5H,3-4H2,1-2H3/p+1. The van der Waals surface area contributed by atoms with Crippen molar-refractivity contribution in [2.45, 2.75) is 12.3 Å². The van der Waals surface area contributed by atoms with E-state index < -0.39 is 35.9 Å². The van der Waals surface area contributed by atoms with E-state index in [1.54, 1.807) is 0 Å². The van der Waals surface area contributed by atoms with E-state index in [-0.39, 0.29) is 0 Å². The van der Waals surface area contributed by atoms with E-state index in [0.29, 0.717) is 0 Å². The summed E-state index contributed by atoms with van der Waals surface area (Å²) in [6, 6.07) is 0. The van der Waals surface area contributed by atoms with Crippen LogP contribution in [0.15, 0.2) is 0 Å². The molecule has 0 rings (SSSR count). The second-order valence-corrected chi connectivity index (χ2v) is 3.68. The number of likely N-dealkylation sites (N-methyl/N-ethyl adjacent to an activating group) is 1. The quantitative estimate of drug-likeness (QED) is 0.565. The lowest BCUT2D eigenvalue weighted by atomic mass is 10.3. The van der Waals surface area contributed by atoms with Crippen molar-refractivity contribution in [3.8, 4) is 0 Å². The first kappa shape index (κ1) is 13.2. The van der Waals surface area contributed by atoms with Crippen molar-refractivity contribution in [1.29, 1.82) is 0 Å². The van der Waals surface area contributed by atoms with E-state index >= 15 is 0 Å². The molecule has 3 nitrogen and oxygen atoms in total. The first-order chi connectivity index (χ1) is 6.04. The maximum atomic E-state index is 12.5. The summed E-state index contributed by atoms with van der Waals surface area (Å²) >= 11 is 0. The smallest absolute Gasteiger partial charge is 0.425 e. The summed E-state index contributed by atoms with van der Waals surface area (Å²) in [5, 5.41) is 8.35. The van der Waals surface area contributed by atoms with E-state index in [4.69, 9.17) is 5.11 Å². The van der Waals surface area contributed by atoms with Gasteiger partial charge in [0.1, 0.15) is 6.54 Å². The molecule has 0 amide bonds. The Kier molecular flexibility index (Phi) is 3.87. The van der Waals surface area contributed by atoms with Crippen molar-refractivity contribution in [1.82, 2.24) is 0 Å². The third-order valence-electron chi connectivity index (χ3n) is 1.57. The van der Waals surface area contributed by atoms with Gasteiger partial charge in [-0.2, -0.15) is 13.2 Å². The molecule has 0 aromatic carbocycles. The van der Waals surface area contributed by atoms with Gasteiger partial charge < -0.3 is 9.59 Å². The van der Waals surface area contributed by atoms with Crippen LogP contribution in [-0.2, 0) is 4.79 Å². The van der Waals surface area contributed by atoms with E-state index in [0.717, 1.165) is 0 Å². The Morgan fingerprint density at radius 3 is 2.14 bits per heavy atom. The summed E-state index contributed by atoms with van der Waals surface area (Å²) in [7, 11) is 2.46. The lowest BCUT2D eigenvalue weighted by Crippen LogP contribution is -2.50. The largest absolute Gasteiger partial charge is 0.477 e. The normalized spacial score (nSPS) is 15.3. The fraction of sp³-hybridized carbons (Fsp3) is 0.857. The van der Waals surface area contributed by atoms with E-state index in [9.17, 15) is 22.4 Å². The van der Waals surface area contributed by atoms with E-state index in [1.807, 2.05) is 0 Å². The highest BCUT2D eigenvalue weighted by Crippen LogP contribution is 2.24. The summed E-state index contributed by atoms with van der Waals surface area (Å²) in [5.74, 6) is -1.26. The molecule has 0 aliphatic heterocycles. The number of halogens is 4. The van der Waals surface area contributed by atoms with Crippen molar-refractivity contribution in [2.75, 3.05) is 27.2 Å². The van der Waals surface area contributed by atoms with Crippen molar-refractivity contribution >= 4 is 5.97 Å². The highest BCUT2D eigenvalue weighted by atomic mass is 19.4. The Hall–Kier alpha value is -0.850. The molecule has 0 heterocycles. The number of hydrogen-bond acceptors (Lipinski definition) is 1. The first-order valence-electron chi connectivity index (χ1n) is 3.79. The molecule has 1 atom stereocenters. The highest BCUT2D eigenvalue weighted by Gasteiger charge is 2.44. The molecule has 0 aliphatic carbocycles.